The Morgan fingerprint density at radius 3 is 2.72 bits per heavy atom. The van der Waals surface area contributed by atoms with E-state index in [2.05, 4.69) is 34.0 Å². The van der Waals surface area contributed by atoms with E-state index in [1.807, 2.05) is 12.4 Å². The summed E-state index contributed by atoms with van der Waals surface area (Å²) in [6.07, 6.45) is 9.39. The van der Waals surface area contributed by atoms with Gasteiger partial charge >= 0.3 is 0 Å². The third-order valence-corrected chi connectivity index (χ3v) is 4.51. The Labute approximate surface area is 109 Å². The minimum atomic E-state index is 0.265. The van der Waals surface area contributed by atoms with E-state index in [9.17, 15) is 0 Å². The Morgan fingerprint density at radius 2 is 2.11 bits per heavy atom. The fourth-order valence-electron chi connectivity index (χ4n) is 3.10. The van der Waals surface area contributed by atoms with Gasteiger partial charge in [0, 0.05) is 24.7 Å². The second-order valence-electron chi connectivity index (χ2n) is 5.86. The van der Waals surface area contributed by atoms with Crippen LogP contribution >= 0.6 is 0 Å². The summed E-state index contributed by atoms with van der Waals surface area (Å²) in [7, 11) is 0. The van der Waals surface area contributed by atoms with Gasteiger partial charge in [-0.3, -0.25) is 0 Å². The summed E-state index contributed by atoms with van der Waals surface area (Å²) in [5, 5.41) is 3.78. The van der Waals surface area contributed by atoms with Gasteiger partial charge in [0.05, 0.1) is 18.1 Å². The number of hydrogen-bond acceptors (Lipinski definition) is 4. The minimum Gasteiger partial charge on any atom is -0.363 e. The maximum absolute atomic E-state index is 4.16. The highest BCUT2D eigenvalue weighted by Crippen LogP contribution is 2.42. The lowest BCUT2D eigenvalue weighted by atomic mass is 9.90. The fraction of sp³-hybridized carbons (Fsp3) is 0.714. The second kappa shape index (κ2) is 4.50. The summed E-state index contributed by atoms with van der Waals surface area (Å²) in [6.45, 7) is 6.76. The van der Waals surface area contributed by atoms with Crippen molar-refractivity contribution in [2.75, 3.05) is 18.0 Å². The average Bonchev–Trinajstić information content (AvgIpc) is 3.24. The summed E-state index contributed by atoms with van der Waals surface area (Å²) in [6, 6.07) is 0.558. The molecule has 2 heterocycles. The first-order valence-corrected chi connectivity index (χ1v) is 6.99. The maximum Gasteiger partial charge on any atom is 0.115 e. The lowest BCUT2D eigenvalue weighted by Crippen LogP contribution is -2.64. The zero-order valence-electron chi connectivity index (χ0n) is 11.3. The fourth-order valence-corrected chi connectivity index (χ4v) is 3.10. The molecule has 1 aromatic heterocycles. The molecule has 1 aliphatic carbocycles. The maximum atomic E-state index is 4.16. The summed E-state index contributed by atoms with van der Waals surface area (Å²) in [4.78, 5) is 10.8. The van der Waals surface area contributed by atoms with Gasteiger partial charge in [0.2, 0.25) is 0 Å². The van der Waals surface area contributed by atoms with Crippen LogP contribution in [-0.2, 0) is 0 Å². The van der Waals surface area contributed by atoms with Crippen molar-refractivity contribution in [2.45, 2.75) is 44.7 Å². The van der Waals surface area contributed by atoms with Crippen LogP contribution < -0.4 is 10.2 Å². The summed E-state index contributed by atoms with van der Waals surface area (Å²) in [5.41, 5.74) is 1.43. The molecule has 1 saturated heterocycles. The molecule has 0 bridgehead atoms. The molecule has 1 aromatic rings. The minimum absolute atomic E-state index is 0.265. The normalized spacial score (nSPS) is 32.6. The molecule has 0 aromatic carbocycles. The molecule has 3 rings (SSSR count). The van der Waals surface area contributed by atoms with Gasteiger partial charge in [-0.2, -0.15) is 0 Å². The first-order valence-electron chi connectivity index (χ1n) is 6.99. The van der Waals surface area contributed by atoms with Crippen molar-refractivity contribution in [3.63, 3.8) is 0 Å². The van der Waals surface area contributed by atoms with Crippen molar-refractivity contribution < 1.29 is 0 Å². The van der Waals surface area contributed by atoms with Crippen LogP contribution in [0.4, 0.5) is 5.69 Å². The first kappa shape index (κ1) is 11.9. The molecule has 98 valence electrons. The molecule has 4 heteroatoms. The van der Waals surface area contributed by atoms with E-state index in [-0.39, 0.29) is 5.54 Å². The second-order valence-corrected chi connectivity index (χ2v) is 5.86. The standard InChI is InChI=1S/C14H22N4/c1-3-12-8-17-14(2,11-4-5-11)9-18(12)13-6-15-10-16-7-13/h6-7,10-12,17H,3-5,8-9H2,1-2H3. The third kappa shape index (κ3) is 2.09. The number of hydrogen-bond donors (Lipinski definition) is 1. The zero-order valence-corrected chi connectivity index (χ0v) is 11.3. The SMILES string of the molecule is CCC1CNC(C)(C2CC2)CN1c1cncnc1. The molecule has 2 unspecified atom stereocenters. The molecule has 1 aliphatic heterocycles. The quantitative estimate of drug-likeness (QED) is 0.883. The van der Waals surface area contributed by atoms with Crippen LogP contribution in [0.1, 0.15) is 33.1 Å². The Balaban J connectivity index is 1.84. The van der Waals surface area contributed by atoms with E-state index in [1.165, 1.54) is 12.8 Å². The third-order valence-electron chi connectivity index (χ3n) is 4.51. The van der Waals surface area contributed by atoms with Gasteiger partial charge in [-0.15, -0.1) is 0 Å². The predicted molar refractivity (Wildman–Crippen MR) is 72.6 cm³/mol. The van der Waals surface area contributed by atoms with Crippen molar-refractivity contribution in [3.05, 3.63) is 18.7 Å². The Kier molecular flexibility index (Phi) is 2.98. The molecule has 0 spiro atoms. The van der Waals surface area contributed by atoms with Crippen LogP contribution in [-0.4, -0.2) is 34.6 Å². The highest BCUT2D eigenvalue weighted by Gasteiger charge is 2.45. The van der Waals surface area contributed by atoms with Crippen molar-refractivity contribution in [2.24, 2.45) is 5.92 Å². The van der Waals surface area contributed by atoms with Gasteiger partial charge in [0.15, 0.2) is 0 Å². The lowest BCUT2D eigenvalue weighted by Gasteiger charge is -2.47. The van der Waals surface area contributed by atoms with Crippen molar-refractivity contribution in [1.82, 2.24) is 15.3 Å². The Hall–Kier alpha value is -1.16. The topological polar surface area (TPSA) is 41.0 Å². The van der Waals surface area contributed by atoms with Crippen molar-refractivity contribution in [3.8, 4) is 0 Å². The van der Waals surface area contributed by atoms with Crippen LogP contribution in [0.25, 0.3) is 0 Å². The molecule has 0 amide bonds. The molecule has 1 saturated carbocycles. The number of piperazine rings is 1. The van der Waals surface area contributed by atoms with Gasteiger partial charge in [0.25, 0.3) is 0 Å². The summed E-state index contributed by atoms with van der Waals surface area (Å²) in [5.74, 6) is 0.849. The first-order chi connectivity index (χ1) is 8.73. The van der Waals surface area contributed by atoms with E-state index >= 15 is 0 Å². The van der Waals surface area contributed by atoms with E-state index in [4.69, 9.17) is 0 Å². The molecule has 2 aliphatic rings. The average molecular weight is 246 g/mol. The molecule has 2 fully saturated rings. The zero-order chi connectivity index (χ0) is 12.6. The van der Waals surface area contributed by atoms with Crippen LogP contribution in [0.2, 0.25) is 0 Å². The molecular weight excluding hydrogens is 224 g/mol. The van der Waals surface area contributed by atoms with Crippen LogP contribution in [0.3, 0.4) is 0 Å². The Morgan fingerprint density at radius 1 is 1.39 bits per heavy atom. The number of nitrogens with one attached hydrogen (secondary N) is 1. The van der Waals surface area contributed by atoms with Gasteiger partial charge in [-0.25, -0.2) is 9.97 Å². The highest BCUT2D eigenvalue weighted by molar-refractivity contribution is 5.45. The van der Waals surface area contributed by atoms with Gasteiger partial charge in [-0.1, -0.05) is 6.92 Å². The largest absolute Gasteiger partial charge is 0.363 e. The molecular formula is C14H22N4. The van der Waals surface area contributed by atoms with E-state index in [0.29, 0.717) is 6.04 Å². The summed E-state index contributed by atoms with van der Waals surface area (Å²) < 4.78 is 0. The summed E-state index contributed by atoms with van der Waals surface area (Å²) >= 11 is 0. The van der Waals surface area contributed by atoms with Crippen LogP contribution in [0, 0.1) is 5.92 Å². The van der Waals surface area contributed by atoms with Gasteiger partial charge in [0.1, 0.15) is 6.33 Å². The lowest BCUT2D eigenvalue weighted by molar-refractivity contribution is 0.252. The van der Waals surface area contributed by atoms with Gasteiger partial charge in [-0.05, 0) is 32.1 Å². The number of aromatic nitrogens is 2. The van der Waals surface area contributed by atoms with Crippen molar-refractivity contribution in [1.29, 1.82) is 0 Å². The molecule has 1 N–H and O–H groups in total. The Bertz CT molecular complexity index is 404. The van der Waals surface area contributed by atoms with Gasteiger partial charge < -0.3 is 10.2 Å². The smallest absolute Gasteiger partial charge is 0.115 e. The molecule has 4 nitrogen and oxygen atoms in total. The predicted octanol–water partition coefficient (Wildman–Crippen LogP) is 1.83. The molecule has 18 heavy (non-hydrogen) atoms. The van der Waals surface area contributed by atoms with E-state index in [1.54, 1.807) is 6.33 Å². The number of nitrogens with zero attached hydrogens (tertiary/aromatic N) is 3. The van der Waals surface area contributed by atoms with E-state index < -0.39 is 0 Å². The number of anilines is 1. The van der Waals surface area contributed by atoms with Crippen LogP contribution in [0.15, 0.2) is 18.7 Å². The van der Waals surface area contributed by atoms with Crippen LogP contribution in [0.5, 0.6) is 0 Å². The molecule has 2 atom stereocenters. The highest BCUT2D eigenvalue weighted by atomic mass is 15.3. The molecule has 0 radical (unpaired) electrons. The van der Waals surface area contributed by atoms with E-state index in [0.717, 1.165) is 31.1 Å². The monoisotopic (exact) mass is 246 g/mol. The number of rotatable bonds is 3. The van der Waals surface area contributed by atoms with Crippen molar-refractivity contribution >= 4 is 5.69 Å².